The lowest BCUT2D eigenvalue weighted by Crippen LogP contribution is -2.39. The molecule has 1 aliphatic carbocycles. The third-order valence-corrected chi connectivity index (χ3v) is 3.47. The Balaban J connectivity index is 1.90. The van der Waals surface area contributed by atoms with Crippen molar-refractivity contribution in [2.75, 3.05) is 6.54 Å². The number of hydrogen-bond donors (Lipinski definition) is 0. The molecule has 1 aliphatic rings. The minimum atomic E-state index is -0.297. The highest BCUT2D eigenvalue weighted by atomic mass is 16.6. The van der Waals surface area contributed by atoms with Crippen LogP contribution in [0.1, 0.15) is 31.2 Å². The Labute approximate surface area is 114 Å². The Bertz CT molecular complexity index is 444. The van der Waals surface area contributed by atoms with E-state index in [1.807, 2.05) is 30.3 Å². The molecule has 0 spiro atoms. The van der Waals surface area contributed by atoms with Crippen LogP contribution in [0.4, 0.5) is 4.79 Å². The molecule has 0 N–H and O–H groups in total. The zero-order chi connectivity index (χ0) is 13.5. The number of hydrogen-bond acceptors (Lipinski definition) is 2. The molecule has 0 unspecified atom stereocenters. The van der Waals surface area contributed by atoms with E-state index in [4.69, 9.17) is 11.2 Å². The van der Waals surface area contributed by atoms with Crippen LogP contribution in [-0.4, -0.2) is 23.6 Å². The number of benzene rings is 1. The number of terminal acetylenes is 1. The number of ether oxygens (including phenoxy) is 1. The normalized spacial score (nSPS) is 14.9. The summed E-state index contributed by atoms with van der Waals surface area (Å²) in [5.74, 6) is 2.55. The van der Waals surface area contributed by atoms with E-state index in [1.165, 1.54) is 0 Å². The average Bonchev–Trinajstić information content (AvgIpc) is 2.97. The van der Waals surface area contributed by atoms with Crippen LogP contribution in [0.3, 0.4) is 0 Å². The van der Waals surface area contributed by atoms with Crippen molar-refractivity contribution in [3.8, 4) is 12.3 Å². The minimum absolute atomic E-state index is 0.249. The van der Waals surface area contributed by atoms with Gasteiger partial charge in [-0.05, 0) is 18.4 Å². The first-order valence-electron chi connectivity index (χ1n) is 6.72. The summed E-state index contributed by atoms with van der Waals surface area (Å²) in [7, 11) is 0. The van der Waals surface area contributed by atoms with Crippen LogP contribution in [0.15, 0.2) is 30.3 Å². The molecule has 1 saturated carbocycles. The van der Waals surface area contributed by atoms with Gasteiger partial charge in [0.05, 0.1) is 6.54 Å². The lowest BCUT2D eigenvalue weighted by molar-refractivity contribution is 0.0868. The summed E-state index contributed by atoms with van der Waals surface area (Å²) in [4.78, 5) is 13.8. The van der Waals surface area contributed by atoms with Crippen molar-refractivity contribution in [2.24, 2.45) is 0 Å². The quantitative estimate of drug-likeness (QED) is 0.775. The highest BCUT2D eigenvalue weighted by molar-refractivity contribution is 5.68. The van der Waals surface area contributed by atoms with Gasteiger partial charge in [-0.15, -0.1) is 6.42 Å². The Morgan fingerprint density at radius 2 is 2.00 bits per heavy atom. The summed E-state index contributed by atoms with van der Waals surface area (Å²) in [6.07, 6.45) is 9.43. The smallest absolute Gasteiger partial charge is 0.411 e. The fourth-order valence-electron chi connectivity index (χ4n) is 2.46. The van der Waals surface area contributed by atoms with Gasteiger partial charge in [-0.25, -0.2) is 4.79 Å². The van der Waals surface area contributed by atoms with Crippen molar-refractivity contribution in [1.29, 1.82) is 0 Å². The lowest BCUT2D eigenvalue weighted by Gasteiger charge is -2.26. The summed E-state index contributed by atoms with van der Waals surface area (Å²) < 4.78 is 5.35. The van der Waals surface area contributed by atoms with E-state index in [9.17, 15) is 4.79 Å². The van der Waals surface area contributed by atoms with E-state index >= 15 is 0 Å². The largest absolute Gasteiger partial charge is 0.445 e. The molecule has 1 aromatic carbocycles. The highest BCUT2D eigenvalue weighted by Crippen LogP contribution is 2.24. The van der Waals surface area contributed by atoms with Gasteiger partial charge in [0.25, 0.3) is 0 Å². The summed E-state index contributed by atoms with van der Waals surface area (Å²) >= 11 is 0. The maximum atomic E-state index is 12.1. The van der Waals surface area contributed by atoms with Crippen molar-refractivity contribution in [2.45, 2.75) is 38.3 Å². The van der Waals surface area contributed by atoms with Gasteiger partial charge in [0.2, 0.25) is 0 Å². The van der Waals surface area contributed by atoms with Gasteiger partial charge in [0.15, 0.2) is 0 Å². The lowest BCUT2D eigenvalue weighted by atomic mass is 10.2. The van der Waals surface area contributed by atoms with Crippen molar-refractivity contribution >= 4 is 6.09 Å². The highest BCUT2D eigenvalue weighted by Gasteiger charge is 2.26. The number of amides is 1. The van der Waals surface area contributed by atoms with E-state index in [0.717, 1.165) is 31.2 Å². The van der Waals surface area contributed by atoms with Crippen LogP contribution >= 0.6 is 0 Å². The van der Waals surface area contributed by atoms with E-state index < -0.39 is 0 Å². The van der Waals surface area contributed by atoms with Crippen molar-refractivity contribution in [3.63, 3.8) is 0 Å². The molecule has 0 heterocycles. The molecule has 0 aliphatic heterocycles. The number of nitrogens with zero attached hydrogens (tertiary/aromatic N) is 1. The first-order valence-corrected chi connectivity index (χ1v) is 6.72. The van der Waals surface area contributed by atoms with Gasteiger partial charge in [0.1, 0.15) is 6.61 Å². The second-order valence-corrected chi connectivity index (χ2v) is 4.81. The molecule has 3 heteroatoms. The van der Waals surface area contributed by atoms with Crippen LogP contribution in [0.25, 0.3) is 0 Å². The fraction of sp³-hybridized carbons (Fsp3) is 0.438. The van der Waals surface area contributed by atoms with Gasteiger partial charge in [-0.2, -0.15) is 0 Å². The molecule has 0 radical (unpaired) electrons. The number of carbonyl (C=O) groups is 1. The van der Waals surface area contributed by atoms with E-state index in [-0.39, 0.29) is 12.1 Å². The second-order valence-electron chi connectivity index (χ2n) is 4.81. The zero-order valence-corrected chi connectivity index (χ0v) is 11.0. The standard InChI is InChI=1S/C16H19NO2/c1-2-12-17(15-10-6-7-11-15)16(18)19-13-14-8-4-3-5-9-14/h1,3-5,8-9,15H,6-7,10-13H2. The average molecular weight is 257 g/mol. The molecule has 19 heavy (non-hydrogen) atoms. The first kappa shape index (κ1) is 13.5. The van der Waals surface area contributed by atoms with Crippen LogP contribution in [0, 0.1) is 12.3 Å². The maximum Gasteiger partial charge on any atom is 0.411 e. The van der Waals surface area contributed by atoms with Crippen LogP contribution in [0.5, 0.6) is 0 Å². The van der Waals surface area contributed by atoms with Crippen molar-refractivity contribution < 1.29 is 9.53 Å². The predicted molar refractivity (Wildman–Crippen MR) is 74.4 cm³/mol. The van der Waals surface area contributed by atoms with E-state index in [1.54, 1.807) is 4.90 Å². The molecule has 0 atom stereocenters. The topological polar surface area (TPSA) is 29.5 Å². The predicted octanol–water partition coefficient (Wildman–Crippen LogP) is 3.20. The molecule has 0 saturated heterocycles. The first-order chi connectivity index (χ1) is 9.31. The summed E-state index contributed by atoms with van der Waals surface area (Å²) in [6, 6.07) is 9.93. The molecular weight excluding hydrogens is 238 g/mol. The molecule has 1 amide bonds. The fourth-order valence-corrected chi connectivity index (χ4v) is 2.46. The summed E-state index contributed by atoms with van der Waals surface area (Å²) in [5.41, 5.74) is 0.989. The molecule has 0 bridgehead atoms. The van der Waals surface area contributed by atoms with Gasteiger partial charge < -0.3 is 4.74 Å². The van der Waals surface area contributed by atoms with Gasteiger partial charge >= 0.3 is 6.09 Å². The Morgan fingerprint density at radius 1 is 1.32 bits per heavy atom. The summed E-state index contributed by atoms with van der Waals surface area (Å²) in [5, 5.41) is 0. The number of carbonyl (C=O) groups excluding carboxylic acids is 1. The maximum absolute atomic E-state index is 12.1. The third kappa shape index (κ3) is 3.75. The van der Waals surface area contributed by atoms with Gasteiger partial charge in [-0.3, -0.25) is 4.90 Å². The molecule has 100 valence electrons. The van der Waals surface area contributed by atoms with Gasteiger partial charge in [0, 0.05) is 6.04 Å². The molecule has 3 nitrogen and oxygen atoms in total. The monoisotopic (exact) mass is 257 g/mol. The van der Waals surface area contributed by atoms with Crippen LogP contribution in [0.2, 0.25) is 0 Å². The molecule has 0 aromatic heterocycles. The number of rotatable bonds is 4. The van der Waals surface area contributed by atoms with Crippen LogP contribution < -0.4 is 0 Å². The third-order valence-electron chi connectivity index (χ3n) is 3.47. The SMILES string of the molecule is C#CCN(C(=O)OCc1ccccc1)C1CCCC1. The molecule has 2 rings (SSSR count). The van der Waals surface area contributed by atoms with E-state index in [0.29, 0.717) is 13.2 Å². The Kier molecular flexibility index (Phi) is 4.85. The van der Waals surface area contributed by atoms with E-state index in [2.05, 4.69) is 5.92 Å². The zero-order valence-electron chi connectivity index (χ0n) is 11.0. The van der Waals surface area contributed by atoms with Crippen molar-refractivity contribution in [1.82, 2.24) is 4.90 Å². The van der Waals surface area contributed by atoms with Crippen LogP contribution in [-0.2, 0) is 11.3 Å². The molecule has 1 fully saturated rings. The second kappa shape index (κ2) is 6.84. The molecular formula is C16H19NO2. The van der Waals surface area contributed by atoms with Crippen molar-refractivity contribution in [3.05, 3.63) is 35.9 Å². The Morgan fingerprint density at radius 3 is 2.63 bits per heavy atom. The summed E-state index contributed by atoms with van der Waals surface area (Å²) in [6.45, 7) is 0.631. The minimum Gasteiger partial charge on any atom is -0.445 e. The Hall–Kier alpha value is -1.95. The van der Waals surface area contributed by atoms with Gasteiger partial charge in [-0.1, -0.05) is 49.1 Å². The molecule has 1 aromatic rings.